The maximum atomic E-state index is 10.9. The molecular formula is C9H13N3O. The number of Topliss-reactive ketones (excluding diaryl/α,β-unsaturated/α-hetero) is 1. The highest BCUT2D eigenvalue weighted by Gasteiger charge is 2.15. The first-order valence-corrected chi connectivity index (χ1v) is 4.53. The Morgan fingerprint density at radius 1 is 1.69 bits per heavy atom. The van der Waals surface area contributed by atoms with Crippen molar-refractivity contribution in [3.8, 4) is 0 Å². The van der Waals surface area contributed by atoms with Gasteiger partial charge in [0.15, 0.2) is 5.78 Å². The van der Waals surface area contributed by atoms with Gasteiger partial charge in [0, 0.05) is 6.92 Å². The fourth-order valence-electron chi connectivity index (χ4n) is 1.37. The van der Waals surface area contributed by atoms with Gasteiger partial charge in [-0.3, -0.25) is 9.69 Å². The average Bonchev–Trinajstić information content (AvgIpc) is 2.44. The molecule has 0 radical (unpaired) electrons. The zero-order chi connectivity index (χ0) is 9.26. The number of ketones is 1. The third-order valence-corrected chi connectivity index (χ3v) is 2.33. The Morgan fingerprint density at radius 3 is 2.92 bits per heavy atom. The third-order valence-electron chi connectivity index (χ3n) is 2.33. The lowest BCUT2D eigenvalue weighted by Gasteiger charge is -2.29. The lowest BCUT2D eigenvalue weighted by Crippen LogP contribution is -2.36. The molecule has 2 rings (SSSR count). The maximum absolute atomic E-state index is 10.9. The average molecular weight is 179 g/mol. The standard InChI is InChI=1S/C9H13N3O/c1-7(13)8-5-10-9(11-8)6-12-3-2-4-12/h5H,2-4,6H2,1H3,(H,10,11). The van der Waals surface area contributed by atoms with Crippen molar-refractivity contribution in [3.63, 3.8) is 0 Å². The lowest BCUT2D eigenvalue weighted by atomic mass is 10.2. The van der Waals surface area contributed by atoms with Gasteiger partial charge in [-0.05, 0) is 19.5 Å². The van der Waals surface area contributed by atoms with Gasteiger partial charge in [0.25, 0.3) is 0 Å². The van der Waals surface area contributed by atoms with Crippen LogP contribution in [0, 0.1) is 0 Å². The Labute approximate surface area is 77.0 Å². The number of carbonyl (C=O) groups excluding carboxylic acids is 1. The Morgan fingerprint density at radius 2 is 2.46 bits per heavy atom. The third kappa shape index (κ3) is 1.78. The van der Waals surface area contributed by atoms with Crippen LogP contribution in [0.25, 0.3) is 0 Å². The fourth-order valence-corrected chi connectivity index (χ4v) is 1.37. The quantitative estimate of drug-likeness (QED) is 0.699. The molecule has 1 aromatic rings. The van der Waals surface area contributed by atoms with Gasteiger partial charge in [-0.25, -0.2) is 4.98 Å². The summed E-state index contributed by atoms with van der Waals surface area (Å²) >= 11 is 0. The van der Waals surface area contributed by atoms with Crippen molar-refractivity contribution in [2.24, 2.45) is 0 Å². The van der Waals surface area contributed by atoms with Crippen molar-refractivity contribution in [1.29, 1.82) is 0 Å². The van der Waals surface area contributed by atoms with E-state index in [0.717, 1.165) is 25.5 Å². The van der Waals surface area contributed by atoms with Crippen molar-refractivity contribution in [1.82, 2.24) is 14.9 Å². The molecule has 1 N–H and O–H groups in total. The van der Waals surface area contributed by atoms with Gasteiger partial charge in [-0.15, -0.1) is 0 Å². The molecule has 1 aliphatic rings. The summed E-state index contributed by atoms with van der Waals surface area (Å²) in [7, 11) is 0. The molecule has 1 aliphatic heterocycles. The highest BCUT2D eigenvalue weighted by molar-refractivity contribution is 5.91. The zero-order valence-electron chi connectivity index (χ0n) is 7.71. The first-order valence-electron chi connectivity index (χ1n) is 4.53. The van der Waals surface area contributed by atoms with Crippen LogP contribution in [0.2, 0.25) is 0 Å². The molecule has 0 atom stereocenters. The number of hydrogen-bond donors (Lipinski definition) is 1. The molecular weight excluding hydrogens is 166 g/mol. The van der Waals surface area contributed by atoms with Crippen LogP contribution >= 0.6 is 0 Å². The molecule has 0 unspecified atom stereocenters. The van der Waals surface area contributed by atoms with E-state index in [0.29, 0.717) is 5.69 Å². The maximum Gasteiger partial charge on any atom is 0.177 e. The molecule has 2 heterocycles. The first kappa shape index (κ1) is 8.44. The van der Waals surface area contributed by atoms with Crippen molar-refractivity contribution < 1.29 is 4.79 Å². The van der Waals surface area contributed by atoms with E-state index in [1.165, 1.54) is 6.42 Å². The van der Waals surface area contributed by atoms with E-state index >= 15 is 0 Å². The van der Waals surface area contributed by atoms with Crippen LogP contribution in [0.15, 0.2) is 6.20 Å². The highest BCUT2D eigenvalue weighted by Crippen LogP contribution is 2.09. The zero-order valence-corrected chi connectivity index (χ0v) is 7.71. The summed E-state index contributed by atoms with van der Waals surface area (Å²) in [4.78, 5) is 20.4. The van der Waals surface area contributed by atoms with Crippen molar-refractivity contribution >= 4 is 5.78 Å². The van der Waals surface area contributed by atoms with E-state index in [1.807, 2.05) is 0 Å². The van der Waals surface area contributed by atoms with Gasteiger partial charge >= 0.3 is 0 Å². The van der Waals surface area contributed by atoms with Gasteiger partial charge < -0.3 is 4.98 Å². The number of likely N-dealkylation sites (tertiary alicyclic amines) is 1. The number of imidazole rings is 1. The molecule has 0 amide bonds. The van der Waals surface area contributed by atoms with Gasteiger partial charge in [-0.2, -0.15) is 0 Å². The van der Waals surface area contributed by atoms with E-state index in [2.05, 4.69) is 14.9 Å². The molecule has 13 heavy (non-hydrogen) atoms. The Kier molecular flexibility index (Phi) is 2.14. The van der Waals surface area contributed by atoms with Gasteiger partial charge in [0.1, 0.15) is 11.5 Å². The molecule has 4 heteroatoms. The van der Waals surface area contributed by atoms with Crippen LogP contribution in [0.5, 0.6) is 0 Å². The van der Waals surface area contributed by atoms with Gasteiger partial charge in [0.2, 0.25) is 0 Å². The molecule has 0 bridgehead atoms. The van der Waals surface area contributed by atoms with Crippen LogP contribution in [-0.2, 0) is 6.54 Å². The minimum Gasteiger partial charge on any atom is -0.339 e. The predicted molar refractivity (Wildman–Crippen MR) is 48.5 cm³/mol. The Bertz CT molecular complexity index is 314. The Hall–Kier alpha value is -1.16. The van der Waals surface area contributed by atoms with Gasteiger partial charge in [0.05, 0.1) is 12.7 Å². The molecule has 4 nitrogen and oxygen atoms in total. The van der Waals surface area contributed by atoms with E-state index < -0.39 is 0 Å². The summed E-state index contributed by atoms with van der Waals surface area (Å²) in [6.07, 6.45) is 2.89. The summed E-state index contributed by atoms with van der Waals surface area (Å²) < 4.78 is 0. The van der Waals surface area contributed by atoms with Crippen molar-refractivity contribution in [2.45, 2.75) is 19.9 Å². The van der Waals surface area contributed by atoms with Crippen LogP contribution in [0.1, 0.15) is 29.7 Å². The largest absolute Gasteiger partial charge is 0.339 e. The molecule has 0 aliphatic carbocycles. The van der Waals surface area contributed by atoms with Crippen LogP contribution in [0.4, 0.5) is 0 Å². The SMILES string of the molecule is CC(=O)c1cnc(CN2CCC2)[nH]1. The number of hydrogen-bond acceptors (Lipinski definition) is 3. The monoisotopic (exact) mass is 179 g/mol. The van der Waals surface area contributed by atoms with Crippen LogP contribution in [0.3, 0.4) is 0 Å². The van der Waals surface area contributed by atoms with Gasteiger partial charge in [-0.1, -0.05) is 0 Å². The number of nitrogens with zero attached hydrogens (tertiary/aromatic N) is 2. The summed E-state index contributed by atoms with van der Waals surface area (Å²) in [5, 5.41) is 0. The number of nitrogens with one attached hydrogen (secondary N) is 1. The van der Waals surface area contributed by atoms with E-state index in [-0.39, 0.29) is 5.78 Å². The number of aromatic nitrogens is 2. The summed E-state index contributed by atoms with van der Waals surface area (Å²) in [5.74, 6) is 0.937. The van der Waals surface area contributed by atoms with E-state index in [9.17, 15) is 4.79 Å². The Balaban J connectivity index is 2.00. The molecule has 0 spiro atoms. The normalized spacial score (nSPS) is 17.0. The second kappa shape index (κ2) is 3.30. The van der Waals surface area contributed by atoms with E-state index in [4.69, 9.17) is 0 Å². The highest BCUT2D eigenvalue weighted by atomic mass is 16.1. The number of rotatable bonds is 3. The van der Waals surface area contributed by atoms with Crippen molar-refractivity contribution in [2.75, 3.05) is 13.1 Å². The predicted octanol–water partition coefficient (Wildman–Crippen LogP) is 0.818. The number of carbonyl (C=O) groups is 1. The molecule has 70 valence electrons. The number of aromatic amines is 1. The topological polar surface area (TPSA) is 49.0 Å². The second-order valence-corrected chi connectivity index (χ2v) is 3.43. The molecule has 0 saturated carbocycles. The fraction of sp³-hybridized carbons (Fsp3) is 0.556. The minimum atomic E-state index is 0.0439. The summed E-state index contributed by atoms with van der Waals surface area (Å²) in [5.41, 5.74) is 0.607. The summed E-state index contributed by atoms with van der Waals surface area (Å²) in [6, 6.07) is 0. The van der Waals surface area contributed by atoms with E-state index in [1.54, 1.807) is 13.1 Å². The van der Waals surface area contributed by atoms with Crippen molar-refractivity contribution in [3.05, 3.63) is 17.7 Å². The number of H-pyrrole nitrogens is 1. The minimum absolute atomic E-state index is 0.0439. The van der Waals surface area contributed by atoms with Crippen LogP contribution in [-0.4, -0.2) is 33.7 Å². The molecule has 0 aromatic carbocycles. The molecule has 1 saturated heterocycles. The van der Waals surface area contributed by atoms with Crippen LogP contribution < -0.4 is 0 Å². The lowest BCUT2D eigenvalue weighted by molar-refractivity contribution is 0.101. The molecule has 1 aromatic heterocycles. The summed E-state index contributed by atoms with van der Waals surface area (Å²) in [6.45, 7) is 4.68. The molecule has 1 fully saturated rings. The smallest absolute Gasteiger partial charge is 0.177 e. The first-order chi connectivity index (χ1) is 6.25. The second-order valence-electron chi connectivity index (χ2n) is 3.43.